The van der Waals surface area contributed by atoms with Crippen LogP contribution in [0.15, 0.2) is 71.4 Å². The number of fused-ring (bicyclic) bond motifs is 1. The number of amides is 1. The number of rotatable bonds is 5. The molecule has 1 aliphatic heterocycles. The maximum atomic E-state index is 13.1. The maximum Gasteiger partial charge on any atom is 0.223 e. The van der Waals surface area contributed by atoms with E-state index in [-0.39, 0.29) is 11.9 Å². The lowest BCUT2D eigenvalue weighted by Gasteiger charge is -2.24. The van der Waals surface area contributed by atoms with Crippen LogP contribution in [0.25, 0.3) is 16.7 Å². The smallest absolute Gasteiger partial charge is 0.223 e. The predicted octanol–water partition coefficient (Wildman–Crippen LogP) is 5.38. The summed E-state index contributed by atoms with van der Waals surface area (Å²) in [5.74, 6) is 1.17. The van der Waals surface area contributed by atoms with E-state index in [1.807, 2.05) is 36.4 Å². The molecule has 4 aromatic rings. The number of likely N-dealkylation sites (tertiary alicyclic amines) is 1. The minimum absolute atomic E-state index is 0.227. The van der Waals surface area contributed by atoms with Crippen molar-refractivity contribution in [3.8, 4) is 5.69 Å². The van der Waals surface area contributed by atoms with Gasteiger partial charge in [-0.1, -0.05) is 30.3 Å². The van der Waals surface area contributed by atoms with Crippen LogP contribution in [0, 0.1) is 0 Å². The summed E-state index contributed by atoms with van der Waals surface area (Å²) in [6.07, 6.45) is 3.26. The number of aryl methyl sites for hydroxylation is 1. The van der Waals surface area contributed by atoms with E-state index in [1.165, 1.54) is 5.56 Å². The molecule has 0 saturated carbocycles. The molecule has 0 radical (unpaired) electrons. The molecule has 2 aromatic heterocycles. The Labute approximate surface area is 174 Å². The van der Waals surface area contributed by atoms with Crippen molar-refractivity contribution in [1.29, 1.82) is 0 Å². The van der Waals surface area contributed by atoms with Gasteiger partial charge in [0.25, 0.3) is 0 Å². The Morgan fingerprint density at radius 3 is 2.72 bits per heavy atom. The molecule has 1 unspecified atom stereocenters. The Morgan fingerprint density at radius 2 is 1.90 bits per heavy atom. The molecule has 1 amide bonds. The number of hydrogen-bond acceptors (Lipinski definition) is 3. The van der Waals surface area contributed by atoms with Gasteiger partial charge in [-0.15, -0.1) is 0 Å². The van der Waals surface area contributed by atoms with Gasteiger partial charge in [0.15, 0.2) is 0 Å². The monoisotopic (exact) mass is 401 g/mol. The van der Waals surface area contributed by atoms with Gasteiger partial charge in [-0.2, -0.15) is 11.3 Å². The fourth-order valence-electron chi connectivity index (χ4n) is 4.35. The predicted molar refractivity (Wildman–Crippen MR) is 117 cm³/mol. The number of imidazole rings is 1. The second-order valence-corrected chi connectivity index (χ2v) is 8.27. The normalized spacial score (nSPS) is 16.6. The topological polar surface area (TPSA) is 38.1 Å². The van der Waals surface area contributed by atoms with Crippen molar-refractivity contribution in [3.63, 3.8) is 0 Å². The molecular weight excluding hydrogens is 378 g/mol. The van der Waals surface area contributed by atoms with E-state index in [4.69, 9.17) is 4.98 Å². The number of nitrogens with zero attached hydrogens (tertiary/aromatic N) is 3. The molecule has 4 nitrogen and oxygen atoms in total. The molecule has 5 rings (SSSR count). The molecule has 0 N–H and O–H groups in total. The first kappa shape index (κ1) is 18.1. The van der Waals surface area contributed by atoms with E-state index in [0.717, 1.165) is 41.9 Å². The van der Waals surface area contributed by atoms with Crippen LogP contribution in [-0.4, -0.2) is 26.9 Å². The lowest BCUT2D eigenvalue weighted by Crippen LogP contribution is -2.30. The molecule has 1 atom stereocenters. The summed E-state index contributed by atoms with van der Waals surface area (Å²) in [4.78, 5) is 20.0. The van der Waals surface area contributed by atoms with Crippen LogP contribution >= 0.6 is 11.3 Å². The van der Waals surface area contributed by atoms with Crippen molar-refractivity contribution in [2.24, 2.45) is 0 Å². The van der Waals surface area contributed by atoms with Crippen LogP contribution in [0.2, 0.25) is 0 Å². The van der Waals surface area contributed by atoms with Gasteiger partial charge in [0.1, 0.15) is 5.82 Å². The zero-order valence-electron chi connectivity index (χ0n) is 16.2. The van der Waals surface area contributed by atoms with Crippen molar-refractivity contribution < 1.29 is 4.79 Å². The van der Waals surface area contributed by atoms with E-state index in [1.54, 1.807) is 11.3 Å². The average molecular weight is 402 g/mol. The number of benzene rings is 2. The van der Waals surface area contributed by atoms with Gasteiger partial charge in [-0.05, 0) is 59.5 Å². The number of carbonyl (C=O) groups excluding carboxylic acids is 1. The third-order valence-electron chi connectivity index (χ3n) is 5.71. The second kappa shape index (κ2) is 7.84. The Morgan fingerprint density at radius 1 is 1.07 bits per heavy atom. The molecule has 0 bridgehead atoms. The number of thiophene rings is 1. The summed E-state index contributed by atoms with van der Waals surface area (Å²) in [5.41, 5.74) is 4.41. The summed E-state index contributed by atoms with van der Waals surface area (Å²) >= 11 is 1.70. The third kappa shape index (κ3) is 3.47. The average Bonchev–Trinajstić information content (AvgIpc) is 3.51. The first-order chi connectivity index (χ1) is 14.3. The first-order valence-electron chi connectivity index (χ1n) is 10.1. The zero-order valence-corrected chi connectivity index (χ0v) is 17.0. The standard InChI is InChI=1S/C24H23N3OS/c28-24(26-15-6-11-21(26)18-14-16-29-17-18)13-12-23-25-20-9-4-5-10-22(20)27(23)19-7-2-1-3-8-19/h1-5,7-10,14,16-17,21H,6,11-13,15H2. The molecule has 5 heteroatoms. The van der Waals surface area contributed by atoms with Gasteiger partial charge in [-0.3, -0.25) is 9.36 Å². The summed E-state index contributed by atoms with van der Waals surface area (Å²) in [7, 11) is 0. The van der Waals surface area contributed by atoms with E-state index in [0.29, 0.717) is 12.8 Å². The van der Waals surface area contributed by atoms with E-state index in [2.05, 4.69) is 44.5 Å². The van der Waals surface area contributed by atoms with Gasteiger partial charge in [0, 0.05) is 25.1 Å². The molecular formula is C24H23N3OS. The first-order valence-corrected chi connectivity index (χ1v) is 11.1. The molecule has 29 heavy (non-hydrogen) atoms. The Balaban J connectivity index is 1.40. The van der Waals surface area contributed by atoms with Crippen LogP contribution in [-0.2, 0) is 11.2 Å². The van der Waals surface area contributed by atoms with E-state index >= 15 is 0 Å². The van der Waals surface area contributed by atoms with Crippen LogP contribution in [0.1, 0.15) is 36.7 Å². The lowest BCUT2D eigenvalue weighted by atomic mass is 10.1. The van der Waals surface area contributed by atoms with Crippen LogP contribution in [0.3, 0.4) is 0 Å². The number of carbonyl (C=O) groups is 1. The largest absolute Gasteiger partial charge is 0.336 e. The minimum atomic E-state index is 0.227. The minimum Gasteiger partial charge on any atom is -0.336 e. The summed E-state index contributed by atoms with van der Waals surface area (Å²) in [6, 6.07) is 20.8. The van der Waals surface area contributed by atoms with Gasteiger partial charge in [0.2, 0.25) is 5.91 Å². The van der Waals surface area contributed by atoms with E-state index < -0.39 is 0 Å². The van der Waals surface area contributed by atoms with Crippen molar-refractivity contribution in [2.75, 3.05) is 6.54 Å². The molecule has 2 aromatic carbocycles. The van der Waals surface area contributed by atoms with Gasteiger partial charge < -0.3 is 4.90 Å². The molecule has 1 saturated heterocycles. The Bertz CT molecular complexity index is 1120. The Hall–Kier alpha value is -2.92. The van der Waals surface area contributed by atoms with Crippen molar-refractivity contribution in [2.45, 2.75) is 31.7 Å². The number of para-hydroxylation sites is 3. The van der Waals surface area contributed by atoms with E-state index in [9.17, 15) is 4.79 Å². The SMILES string of the molecule is O=C(CCc1nc2ccccc2n1-c1ccccc1)N1CCCC1c1ccsc1. The van der Waals surface area contributed by atoms with Crippen molar-refractivity contribution in [1.82, 2.24) is 14.5 Å². The molecule has 146 valence electrons. The molecule has 0 spiro atoms. The molecule has 0 aliphatic carbocycles. The fourth-order valence-corrected chi connectivity index (χ4v) is 5.05. The summed E-state index contributed by atoms with van der Waals surface area (Å²) in [6.45, 7) is 0.856. The molecule has 1 aliphatic rings. The van der Waals surface area contributed by atoms with Gasteiger partial charge in [-0.25, -0.2) is 4.98 Å². The highest BCUT2D eigenvalue weighted by Gasteiger charge is 2.30. The van der Waals surface area contributed by atoms with Crippen LogP contribution in [0.4, 0.5) is 0 Å². The zero-order chi connectivity index (χ0) is 19.6. The van der Waals surface area contributed by atoms with Gasteiger partial charge in [0.05, 0.1) is 17.1 Å². The Kier molecular flexibility index (Phi) is 4.90. The quantitative estimate of drug-likeness (QED) is 0.450. The fraction of sp³-hybridized carbons (Fsp3) is 0.250. The summed E-state index contributed by atoms with van der Waals surface area (Å²) < 4.78 is 2.18. The van der Waals surface area contributed by atoms with Crippen molar-refractivity contribution in [3.05, 3.63) is 82.8 Å². The van der Waals surface area contributed by atoms with Crippen molar-refractivity contribution >= 4 is 28.3 Å². The van der Waals surface area contributed by atoms with Crippen LogP contribution < -0.4 is 0 Å². The highest BCUT2D eigenvalue weighted by Crippen LogP contribution is 2.33. The maximum absolute atomic E-state index is 13.1. The highest BCUT2D eigenvalue weighted by molar-refractivity contribution is 7.08. The number of hydrogen-bond donors (Lipinski definition) is 0. The second-order valence-electron chi connectivity index (χ2n) is 7.49. The lowest BCUT2D eigenvalue weighted by molar-refractivity contribution is -0.132. The molecule has 3 heterocycles. The van der Waals surface area contributed by atoms with Crippen LogP contribution in [0.5, 0.6) is 0 Å². The number of aromatic nitrogens is 2. The molecule has 1 fully saturated rings. The van der Waals surface area contributed by atoms with Gasteiger partial charge >= 0.3 is 0 Å². The third-order valence-corrected chi connectivity index (χ3v) is 6.41. The summed E-state index contributed by atoms with van der Waals surface area (Å²) in [5, 5.41) is 4.27. The highest BCUT2D eigenvalue weighted by atomic mass is 32.1.